The molecule has 0 amide bonds. The fourth-order valence-electron chi connectivity index (χ4n) is 3.02. The number of nitrogens with zero attached hydrogens (tertiary/aromatic N) is 3. The van der Waals surface area contributed by atoms with Gasteiger partial charge in [0.25, 0.3) is 0 Å². The van der Waals surface area contributed by atoms with Crippen LogP contribution in [0.2, 0.25) is 0 Å². The van der Waals surface area contributed by atoms with Crippen molar-refractivity contribution in [1.29, 1.82) is 0 Å². The van der Waals surface area contributed by atoms with Crippen LogP contribution in [0.5, 0.6) is 0 Å². The molecule has 2 fully saturated rings. The standard InChI is InChI=1S/C16H27N3O/c1-17-8-9-20-16(12-17)13-19(10-14-5-6-14)11-15-4-3-7-18(15)2/h3-4,7,14,16H,5-6,8-13H2,1-2H3/t16-/m1/s1. The molecule has 0 radical (unpaired) electrons. The lowest BCUT2D eigenvalue weighted by molar-refractivity contribution is -0.0375. The monoisotopic (exact) mass is 277 g/mol. The highest BCUT2D eigenvalue weighted by molar-refractivity contribution is 5.06. The summed E-state index contributed by atoms with van der Waals surface area (Å²) in [4.78, 5) is 4.98. The minimum Gasteiger partial charge on any atom is -0.374 e. The topological polar surface area (TPSA) is 20.6 Å². The van der Waals surface area contributed by atoms with Crippen LogP contribution in [0.25, 0.3) is 0 Å². The molecule has 1 aromatic rings. The lowest BCUT2D eigenvalue weighted by atomic mass is 10.2. The number of hydrogen-bond acceptors (Lipinski definition) is 3. The van der Waals surface area contributed by atoms with Gasteiger partial charge in [-0.25, -0.2) is 0 Å². The van der Waals surface area contributed by atoms with Gasteiger partial charge in [-0.2, -0.15) is 0 Å². The normalized spacial score (nSPS) is 24.4. The van der Waals surface area contributed by atoms with Crippen LogP contribution in [-0.4, -0.2) is 60.3 Å². The SMILES string of the molecule is CN1CCO[C@@H](CN(Cc2cccn2C)CC2CC2)C1. The number of ether oxygens (including phenoxy) is 1. The Kier molecular flexibility index (Phi) is 4.44. The maximum atomic E-state index is 5.94. The van der Waals surface area contributed by atoms with Crippen LogP contribution in [-0.2, 0) is 18.3 Å². The molecule has 2 heterocycles. The zero-order valence-electron chi connectivity index (χ0n) is 12.8. The van der Waals surface area contributed by atoms with Gasteiger partial charge in [0.2, 0.25) is 0 Å². The molecule has 1 saturated carbocycles. The molecule has 4 nitrogen and oxygen atoms in total. The van der Waals surface area contributed by atoms with Gasteiger partial charge in [-0.05, 0) is 37.9 Å². The fraction of sp³-hybridized carbons (Fsp3) is 0.750. The van der Waals surface area contributed by atoms with Gasteiger partial charge < -0.3 is 14.2 Å². The van der Waals surface area contributed by atoms with Gasteiger partial charge in [0, 0.05) is 51.7 Å². The van der Waals surface area contributed by atoms with E-state index in [1.54, 1.807) is 0 Å². The van der Waals surface area contributed by atoms with E-state index in [1.165, 1.54) is 25.1 Å². The third kappa shape index (κ3) is 3.84. The van der Waals surface area contributed by atoms with E-state index in [9.17, 15) is 0 Å². The highest BCUT2D eigenvalue weighted by Crippen LogP contribution is 2.30. The van der Waals surface area contributed by atoms with Crippen LogP contribution in [0.4, 0.5) is 0 Å². The summed E-state index contributed by atoms with van der Waals surface area (Å²) < 4.78 is 8.17. The van der Waals surface area contributed by atoms with Crippen molar-refractivity contribution in [2.45, 2.75) is 25.5 Å². The minimum atomic E-state index is 0.368. The molecule has 1 aromatic heterocycles. The number of likely N-dealkylation sites (N-methyl/N-ethyl adjacent to an activating group) is 1. The van der Waals surface area contributed by atoms with Crippen molar-refractivity contribution in [3.8, 4) is 0 Å². The van der Waals surface area contributed by atoms with Crippen molar-refractivity contribution in [3.63, 3.8) is 0 Å². The van der Waals surface area contributed by atoms with E-state index in [0.717, 1.165) is 38.7 Å². The second-order valence-corrected chi connectivity index (χ2v) is 6.50. The van der Waals surface area contributed by atoms with Crippen molar-refractivity contribution >= 4 is 0 Å². The van der Waals surface area contributed by atoms with Gasteiger partial charge in [0.05, 0.1) is 12.7 Å². The first-order chi connectivity index (χ1) is 9.70. The van der Waals surface area contributed by atoms with Crippen molar-refractivity contribution in [1.82, 2.24) is 14.4 Å². The maximum Gasteiger partial charge on any atom is 0.0829 e. The summed E-state index contributed by atoms with van der Waals surface area (Å²) >= 11 is 0. The van der Waals surface area contributed by atoms with Crippen LogP contribution in [0.3, 0.4) is 0 Å². The van der Waals surface area contributed by atoms with E-state index in [2.05, 4.69) is 46.8 Å². The smallest absolute Gasteiger partial charge is 0.0829 e. The third-order valence-electron chi connectivity index (χ3n) is 4.45. The summed E-state index contributed by atoms with van der Waals surface area (Å²) in [6, 6.07) is 4.36. The number of hydrogen-bond donors (Lipinski definition) is 0. The van der Waals surface area contributed by atoms with Crippen molar-refractivity contribution < 1.29 is 4.74 Å². The van der Waals surface area contributed by atoms with E-state index < -0.39 is 0 Å². The predicted octanol–water partition coefficient (Wildman–Crippen LogP) is 1.57. The molecular weight excluding hydrogens is 250 g/mol. The summed E-state index contributed by atoms with van der Waals surface area (Å²) in [7, 11) is 4.33. The van der Waals surface area contributed by atoms with Crippen LogP contribution in [0.15, 0.2) is 18.3 Å². The summed E-state index contributed by atoms with van der Waals surface area (Å²) in [5, 5.41) is 0. The highest BCUT2D eigenvalue weighted by atomic mass is 16.5. The van der Waals surface area contributed by atoms with E-state index in [0.29, 0.717) is 6.10 Å². The average Bonchev–Trinajstić information content (AvgIpc) is 3.13. The predicted molar refractivity (Wildman–Crippen MR) is 80.7 cm³/mol. The van der Waals surface area contributed by atoms with Crippen LogP contribution in [0.1, 0.15) is 18.5 Å². The number of rotatable bonds is 6. The number of morpholine rings is 1. The first kappa shape index (κ1) is 14.1. The molecule has 20 heavy (non-hydrogen) atoms. The summed E-state index contributed by atoms with van der Waals surface area (Å²) in [5.41, 5.74) is 1.40. The van der Waals surface area contributed by atoms with Gasteiger partial charge >= 0.3 is 0 Å². The molecule has 4 heteroatoms. The summed E-state index contributed by atoms with van der Waals surface area (Å²) in [6.07, 6.45) is 5.33. The Hall–Kier alpha value is -0.840. The second-order valence-electron chi connectivity index (χ2n) is 6.50. The zero-order valence-corrected chi connectivity index (χ0v) is 12.8. The maximum absolute atomic E-state index is 5.94. The van der Waals surface area contributed by atoms with E-state index in [1.807, 2.05) is 0 Å². The van der Waals surface area contributed by atoms with Crippen molar-refractivity contribution in [2.75, 3.05) is 39.8 Å². The summed E-state index contributed by atoms with van der Waals surface area (Å²) in [5.74, 6) is 0.927. The number of aromatic nitrogens is 1. The molecule has 0 spiro atoms. The molecule has 112 valence electrons. The van der Waals surface area contributed by atoms with E-state index in [4.69, 9.17) is 4.74 Å². The van der Waals surface area contributed by atoms with Gasteiger partial charge in [0.1, 0.15) is 0 Å². The van der Waals surface area contributed by atoms with Gasteiger partial charge in [0.15, 0.2) is 0 Å². The average molecular weight is 277 g/mol. The number of aryl methyl sites for hydroxylation is 1. The molecular formula is C16H27N3O. The first-order valence-corrected chi connectivity index (χ1v) is 7.83. The molecule has 0 N–H and O–H groups in total. The second kappa shape index (κ2) is 6.29. The Morgan fingerprint density at radius 2 is 2.15 bits per heavy atom. The van der Waals surface area contributed by atoms with Gasteiger partial charge in [-0.1, -0.05) is 0 Å². The molecule has 1 saturated heterocycles. The van der Waals surface area contributed by atoms with Crippen molar-refractivity contribution in [2.24, 2.45) is 13.0 Å². The molecule has 0 bridgehead atoms. The van der Waals surface area contributed by atoms with Crippen LogP contribution < -0.4 is 0 Å². The minimum absolute atomic E-state index is 0.368. The van der Waals surface area contributed by atoms with E-state index in [-0.39, 0.29) is 0 Å². The van der Waals surface area contributed by atoms with Crippen molar-refractivity contribution in [3.05, 3.63) is 24.0 Å². The van der Waals surface area contributed by atoms with Crippen LogP contribution in [0, 0.1) is 5.92 Å². The third-order valence-corrected chi connectivity index (χ3v) is 4.45. The lowest BCUT2D eigenvalue weighted by Crippen LogP contribution is -2.46. The molecule has 1 aliphatic heterocycles. The first-order valence-electron chi connectivity index (χ1n) is 7.83. The Balaban J connectivity index is 1.58. The Bertz CT molecular complexity index is 427. The molecule has 3 rings (SSSR count). The quantitative estimate of drug-likeness (QED) is 0.787. The molecule has 1 aliphatic carbocycles. The van der Waals surface area contributed by atoms with Gasteiger partial charge in [-0.15, -0.1) is 0 Å². The fourth-order valence-corrected chi connectivity index (χ4v) is 3.02. The van der Waals surface area contributed by atoms with E-state index >= 15 is 0 Å². The zero-order chi connectivity index (χ0) is 13.9. The Morgan fingerprint density at radius 1 is 1.30 bits per heavy atom. The Labute approximate surface area is 122 Å². The van der Waals surface area contributed by atoms with Crippen LogP contribution >= 0.6 is 0 Å². The lowest BCUT2D eigenvalue weighted by Gasteiger charge is -2.34. The molecule has 0 unspecified atom stereocenters. The van der Waals surface area contributed by atoms with Gasteiger partial charge in [-0.3, -0.25) is 4.90 Å². The highest BCUT2D eigenvalue weighted by Gasteiger charge is 2.27. The molecule has 1 atom stereocenters. The molecule has 2 aliphatic rings. The Morgan fingerprint density at radius 3 is 2.80 bits per heavy atom. The summed E-state index contributed by atoms with van der Waals surface area (Å²) in [6.45, 7) is 6.35. The largest absolute Gasteiger partial charge is 0.374 e. The molecule has 0 aromatic carbocycles.